The van der Waals surface area contributed by atoms with E-state index in [-0.39, 0.29) is 22.5 Å². The van der Waals surface area contributed by atoms with Crippen LogP contribution in [-0.4, -0.2) is 33.9 Å². The first-order chi connectivity index (χ1) is 10.1. The number of aromatic amines is 1. The van der Waals surface area contributed by atoms with Crippen molar-refractivity contribution in [1.82, 2.24) is 14.8 Å². The molecular weight excluding hydrogens is 296 g/mol. The fourth-order valence-corrected chi connectivity index (χ4v) is 2.30. The van der Waals surface area contributed by atoms with Crippen molar-refractivity contribution in [2.45, 2.75) is 12.5 Å². The zero-order valence-corrected chi connectivity index (χ0v) is 11.8. The number of carbonyl (C=O) groups excluding carboxylic acids is 1. The molecule has 1 amide bonds. The second kappa shape index (κ2) is 5.71. The van der Waals surface area contributed by atoms with Crippen LogP contribution in [0.2, 0.25) is 5.02 Å². The van der Waals surface area contributed by atoms with Gasteiger partial charge in [-0.2, -0.15) is 5.10 Å². The highest BCUT2D eigenvalue weighted by atomic mass is 35.5. The molecule has 1 fully saturated rings. The highest BCUT2D eigenvalue weighted by Gasteiger charge is 2.18. The number of aromatic nitrogens is 3. The lowest BCUT2D eigenvalue weighted by Gasteiger charge is -2.07. The number of anilines is 1. The first kappa shape index (κ1) is 13.8. The maximum Gasteiger partial charge on any atom is 0.266 e. The summed E-state index contributed by atoms with van der Waals surface area (Å²) in [5.74, 6) is -0.365. The largest absolute Gasteiger partial charge is 0.379 e. The zero-order chi connectivity index (χ0) is 14.8. The maximum absolute atomic E-state index is 12.1. The minimum absolute atomic E-state index is 0.0264. The Morgan fingerprint density at radius 2 is 2.43 bits per heavy atom. The molecule has 2 N–H and O–H groups in total. The third kappa shape index (κ3) is 2.98. The van der Waals surface area contributed by atoms with E-state index in [9.17, 15) is 9.59 Å². The molecule has 3 heterocycles. The van der Waals surface area contributed by atoms with Gasteiger partial charge in [-0.15, -0.1) is 0 Å². The van der Waals surface area contributed by atoms with Gasteiger partial charge in [0.05, 0.1) is 30.1 Å². The second-order valence-electron chi connectivity index (χ2n) is 4.75. The number of hydrogen-bond donors (Lipinski definition) is 2. The van der Waals surface area contributed by atoms with E-state index in [0.717, 1.165) is 13.0 Å². The third-order valence-corrected chi connectivity index (χ3v) is 3.54. The molecule has 8 heteroatoms. The summed E-state index contributed by atoms with van der Waals surface area (Å²) >= 11 is 5.70. The average Bonchev–Trinajstić information content (AvgIpc) is 3.12. The van der Waals surface area contributed by atoms with E-state index in [2.05, 4.69) is 15.4 Å². The van der Waals surface area contributed by atoms with Crippen LogP contribution in [0, 0.1) is 0 Å². The van der Waals surface area contributed by atoms with Crippen molar-refractivity contribution in [3.05, 3.63) is 45.6 Å². The number of nitrogens with one attached hydrogen (secondary N) is 2. The molecule has 0 aliphatic carbocycles. The Morgan fingerprint density at radius 1 is 1.57 bits per heavy atom. The second-order valence-corrected chi connectivity index (χ2v) is 5.15. The number of pyridine rings is 1. The Morgan fingerprint density at radius 3 is 3.14 bits per heavy atom. The van der Waals surface area contributed by atoms with Crippen molar-refractivity contribution in [2.24, 2.45) is 0 Å². The quantitative estimate of drug-likeness (QED) is 0.898. The van der Waals surface area contributed by atoms with Gasteiger partial charge in [0.25, 0.3) is 11.5 Å². The molecule has 0 spiro atoms. The minimum atomic E-state index is -0.428. The Labute approximate surface area is 124 Å². The summed E-state index contributed by atoms with van der Waals surface area (Å²) in [6.45, 7) is 1.35. The molecule has 7 nitrogen and oxygen atoms in total. The van der Waals surface area contributed by atoms with Crippen molar-refractivity contribution >= 4 is 23.2 Å². The standard InChI is InChI=1S/C13H13ClN4O3/c14-11-3-8(4-15-13(11)20)12(19)17-9-5-16-18(6-9)10-1-2-21-7-10/h3-6,10H,1-2,7H2,(H,15,20)(H,17,19)/t10-/m0/s1. The monoisotopic (exact) mass is 308 g/mol. The van der Waals surface area contributed by atoms with Crippen LogP contribution in [0.15, 0.2) is 29.5 Å². The summed E-state index contributed by atoms with van der Waals surface area (Å²) in [7, 11) is 0. The van der Waals surface area contributed by atoms with E-state index in [0.29, 0.717) is 12.3 Å². The number of carbonyl (C=O) groups is 1. The molecule has 0 aromatic carbocycles. The van der Waals surface area contributed by atoms with Crippen LogP contribution in [0.25, 0.3) is 0 Å². The molecular formula is C13H13ClN4O3. The Hall–Kier alpha value is -2.12. The number of nitrogens with zero attached hydrogens (tertiary/aromatic N) is 2. The Balaban J connectivity index is 1.72. The smallest absolute Gasteiger partial charge is 0.266 e. The van der Waals surface area contributed by atoms with Crippen LogP contribution < -0.4 is 10.9 Å². The highest BCUT2D eigenvalue weighted by Crippen LogP contribution is 2.20. The Bertz CT molecular complexity index is 718. The molecule has 21 heavy (non-hydrogen) atoms. The van der Waals surface area contributed by atoms with E-state index in [1.807, 2.05) is 0 Å². The van der Waals surface area contributed by atoms with E-state index in [1.54, 1.807) is 17.1 Å². The van der Waals surface area contributed by atoms with Crippen molar-refractivity contribution in [3.8, 4) is 0 Å². The van der Waals surface area contributed by atoms with Gasteiger partial charge < -0.3 is 15.0 Å². The van der Waals surface area contributed by atoms with E-state index >= 15 is 0 Å². The van der Waals surface area contributed by atoms with Gasteiger partial charge in [0.2, 0.25) is 0 Å². The molecule has 1 atom stereocenters. The summed E-state index contributed by atoms with van der Waals surface area (Å²) in [4.78, 5) is 25.6. The summed E-state index contributed by atoms with van der Waals surface area (Å²) in [5, 5.41) is 6.89. The molecule has 0 unspecified atom stereocenters. The summed E-state index contributed by atoms with van der Waals surface area (Å²) in [5.41, 5.74) is 0.424. The maximum atomic E-state index is 12.1. The summed E-state index contributed by atoms with van der Waals surface area (Å²) < 4.78 is 7.08. The predicted octanol–water partition coefficient (Wildman–Crippen LogP) is 1.44. The van der Waals surface area contributed by atoms with Crippen molar-refractivity contribution in [3.63, 3.8) is 0 Å². The lowest BCUT2D eigenvalue weighted by atomic mass is 10.2. The third-order valence-electron chi connectivity index (χ3n) is 3.26. The molecule has 2 aromatic rings. The highest BCUT2D eigenvalue weighted by molar-refractivity contribution is 6.30. The van der Waals surface area contributed by atoms with Crippen molar-refractivity contribution in [1.29, 1.82) is 0 Å². The van der Waals surface area contributed by atoms with Crippen LogP contribution in [-0.2, 0) is 4.74 Å². The molecule has 0 bridgehead atoms. The summed E-state index contributed by atoms with van der Waals surface area (Å²) in [6, 6.07) is 1.53. The van der Waals surface area contributed by atoms with Gasteiger partial charge in [0, 0.05) is 19.0 Å². The van der Waals surface area contributed by atoms with E-state index in [1.165, 1.54) is 12.3 Å². The number of ether oxygens (including phenoxy) is 1. The van der Waals surface area contributed by atoms with Gasteiger partial charge in [-0.3, -0.25) is 14.3 Å². The van der Waals surface area contributed by atoms with Crippen molar-refractivity contribution < 1.29 is 9.53 Å². The van der Waals surface area contributed by atoms with Gasteiger partial charge in [0.15, 0.2) is 0 Å². The molecule has 1 aliphatic rings. The van der Waals surface area contributed by atoms with Crippen LogP contribution >= 0.6 is 11.6 Å². The molecule has 1 saturated heterocycles. The van der Waals surface area contributed by atoms with Gasteiger partial charge >= 0.3 is 0 Å². The number of halogens is 1. The minimum Gasteiger partial charge on any atom is -0.379 e. The number of H-pyrrole nitrogens is 1. The topological polar surface area (TPSA) is 89.0 Å². The van der Waals surface area contributed by atoms with Crippen LogP contribution in [0.3, 0.4) is 0 Å². The fraction of sp³-hybridized carbons (Fsp3) is 0.308. The molecule has 0 radical (unpaired) electrons. The Kier molecular flexibility index (Phi) is 3.76. The molecule has 3 rings (SSSR count). The lowest BCUT2D eigenvalue weighted by molar-refractivity contribution is 0.102. The van der Waals surface area contributed by atoms with Gasteiger partial charge in [-0.25, -0.2) is 0 Å². The number of rotatable bonds is 3. The fourth-order valence-electron chi connectivity index (χ4n) is 2.12. The predicted molar refractivity (Wildman–Crippen MR) is 76.7 cm³/mol. The normalized spacial score (nSPS) is 17.9. The number of hydrogen-bond acceptors (Lipinski definition) is 4. The molecule has 2 aromatic heterocycles. The molecule has 0 saturated carbocycles. The van der Waals surface area contributed by atoms with E-state index in [4.69, 9.17) is 16.3 Å². The van der Waals surface area contributed by atoms with Crippen LogP contribution in [0.4, 0.5) is 5.69 Å². The molecule has 1 aliphatic heterocycles. The molecule has 110 valence electrons. The van der Waals surface area contributed by atoms with Crippen LogP contribution in [0.1, 0.15) is 22.8 Å². The SMILES string of the molecule is O=C(Nc1cnn([C@H]2CCOC2)c1)c1c[nH]c(=O)c(Cl)c1. The van der Waals surface area contributed by atoms with Crippen LogP contribution in [0.5, 0.6) is 0 Å². The van der Waals surface area contributed by atoms with Gasteiger partial charge in [-0.05, 0) is 12.5 Å². The first-order valence-electron chi connectivity index (χ1n) is 6.45. The average molecular weight is 309 g/mol. The number of amides is 1. The zero-order valence-electron chi connectivity index (χ0n) is 11.0. The van der Waals surface area contributed by atoms with Gasteiger partial charge in [0.1, 0.15) is 5.02 Å². The van der Waals surface area contributed by atoms with E-state index < -0.39 is 5.56 Å². The van der Waals surface area contributed by atoms with Gasteiger partial charge in [-0.1, -0.05) is 11.6 Å². The van der Waals surface area contributed by atoms with Crippen molar-refractivity contribution in [2.75, 3.05) is 18.5 Å². The summed E-state index contributed by atoms with van der Waals surface area (Å²) in [6.07, 6.45) is 5.55. The lowest BCUT2D eigenvalue weighted by Crippen LogP contribution is -2.15. The first-order valence-corrected chi connectivity index (χ1v) is 6.83.